The van der Waals surface area contributed by atoms with E-state index in [0.717, 1.165) is 13.1 Å². The van der Waals surface area contributed by atoms with Crippen molar-refractivity contribution in [1.29, 1.82) is 0 Å². The van der Waals surface area contributed by atoms with Crippen LogP contribution in [0.5, 0.6) is 11.5 Å². The third-order valence-electron chi connectivity index (χ3n) is 3.13. The van der Waals surface area contributed by atoms with Gasteiger partial charge in [0.25, 0.3) is 5.69 Å². The molecule has 2 aliphatic heterocycles. The summed E-state index contributed by atoms with van der Waals surface area (Å²) in [6, 6.07) is 3.06. The Hall–Kier alpha value is -1.86. The van der Waals surface area contributed by atoms with Crippen LogP contribution in [-0.4, -0.2) is 31.4 Å². The summed E-state index contributed by atoms with van der Waals surface area (Å²) in [7, 11) is 0. The third-order valence-corrected chi connectivity index (χ3v) is 3.13. The van der Waals surface area contributed by atoms with Gasteiger partial charge in [-0.15, -0.1) is 0 Å². The molecule has 0 radical (unpaired) electrons. The molecular formula is C11H13N3O4. The summed E-state index contributed by atoms with van der Waals surface area (Å²) in [6.07, 6.45) is 0. The first-order chi connectivity index (χ1) is 8.75. The van der Waals surface area contributed by atoms with Gasteiger partial charge in [-0.25, -0.2) is 0 Å². The molecule has 0 spiro atoms. The van der Waals surface area contributed by atoms with Gasteiger partial charge >= 0.3 is 0 Å². The van der Waals surface area contributed by atoms with Crippen molar-refractivity contribution >= 4 is 5.69 Å². The molecule has 1 aromatic carbocycles. The van der Waals surface area contributed by atoms with Crippen molar-refractivity contribution in [2.24, 2.45) is 0 Å². The van der Waals surface area contributed by atoms with Crippen LogP contribution >= 0.6 is 0 Å². The Labute approximate surface area is 103 Å². The van der Waals surface area contributed by atoms with Crippen molar-refractivity contribution in [3.05, 3.63) is 27.8 Å². The molecule has 7 nitrogen and oxygen atoms in total. The second-order valence-corrected chi connectivity index (χ2v) is 4.23. The van der Waals surface area contributed by atoms with Gasteiger partial charge in [-0.05, 0) is 6.07 Å². The number of fused-ring (bicyclic) bond motifs is 1. The predicted molar refractivity (Wildman–Crippen MR) is 62.8 cm³/mol. The Morgan fingerprint density at radius 1 is 1.28 bits per heavy atom. The normalized spacial score (nSPS) is 21.9. The van der Waals surface area contributed by atoms with Crippen LogP contribution in [0.15, 0.2) is 12.1 Å². The molecule has 0 bridgehead atoms. The van der Waals surface area contributed by atoms with Gasteiger partial charge in [-0.1, -0.05) is 0 Å². The number of ether oxygens (including phenoxy) is 2. The van der Waals surface area contributed by atoms with Crippen molar-refractivity contribution in [1.82, 2.24) is 10.6 Å². The maximum atomic E-state index is 11.1. The van der Waals surface area contributed by atoms with Crippen molar-refractivity contribution in [2.75, 3.05) is 26.4 Å². The fourth-order valence-electron chi connectivity index (χ4n) is 2.26. The molecule has 0 unspecified atom stereocenters. The Balaban J connectivity index is 2.02. The summed E-state index contributed by atoms with van der Waals surface area (Å²) in [5, 5.41) is 17.6. The quantitative estimate of drug-likeness (QED) is 0.590. The number of nitrogens with zero attached hydrogens (tertiary/aromatic N) is 1. The van der Waals surface area contributed by atoms with Gasteiger partial charge in [0.2, 0.25) is 6.79 Å². The van der Waals surface area contributed by atoms with Crippen LogP contribution in [-0.2, 0) is 0 Å². The topological polar surface area (TPSA) is 85.7 Å². The highest BCUT2D eigenvalue weighted by atomic mass is 16.7. The summed E-state index contributed by atoms with van der Waals surface area (Å²) in [5.41, 5.74) is 0.705. The highest BCUT2D eigenvalue weighted by Crippen LogP contribution is 2.40. The van der Waals surface area contributed by atoms with E-state index in [4.69, 9.17) is 9.47 Å². The minimum absolute atomic E-state index is 0.0699. The van der Waals surface area contributed by atoms with Crippen molar-refractivity contribution in [2.45, 2.75) is 6.04 Å². The van der Waals surface area contributed by atoms with Crippen LogP contribution in [0, 0.1) is 10.1 Å². The van der Waals surface area contributed by atoms with Crippen LogP contribution < -0.4 is 20.1 Å². The lowest BCUT2D eigenvalue weighted by Crippen LogP contribution is -2.42. The van der Waals surface area contributed by atoms with E-state index in [1.165, 1.54) is 6.07 Å². The molecule has 2 heterocycles. The summed E-state index contributed by atoms with van der Waals surface area (Å²) in [6.45, 7) is 2.44. The van der Waals surface area contributed by atoms with E-state index < -0.39 is 0 Å². The highest BCUT2D eigenvalue weighted by Gasteiger charge is 2.28. The first-order valence-electron chi connectivity index (χ1n) is 5.78. The zero-order valence-corrected chi connectivity index (χ0v) is 9.64. The molecule has 0 aromatic heterocycles. The largest absolute Gasteiger partial charge is 0.454 e. The van der Waals surface area contributed by atoms with Crippen LogP contribution in [0.25, 0.3) is 0 Å². The number of nitro groups is 1. The average Bonchev–Trinajstić information content (AvgIpc) is 2.85. The first kappa shape index (κ1) is 11.2. The van der Waals surface area contributed by atoms with E-state index in [1.54, 1.807) is 6.07 Å². The number of piperazine rings is 1. The molecule has 0 saturated carbocycles. The third kappa shape index (κ3) is 1.87. The van der Waals surface area contributed by atoms with Crippen molar-refractivity contribution < 1.29 is 14.4 Å². The number of benzene rings is 1. The lowest BCUT2D eigenvalue weighted by molar-refractivity contribution is -0.385. The van der Waals surface area contributed by atoms with E-state index in [2.05, 4.69) is 10.6 Å². The Bertz CT molecular complexity index is 485. The zero-order valence-electron chi connectivity index (χ0n) is 9.64. The van der Waals surface area contributed by atoms with Gasteiger partial charge in [0.15, 0.2) is 11.5 Å². The van der Waals surface area contributed by atoms with Crippen LogP contribution in [0.1, 0.15) is 11.6 Å². The number of nitro benzene ring substituents is 1. The molecule has 18 heavy (non-hydrogen) atoms. The van der Waals surface area contributed by atoms with E-state index in [0.29, 0.717) is 23.6 Å². The fourth-order valence-corrected chi connectivity index (χ4v) is 2.26. The standard InChI is InChI=1S/C11H13N3O4/c15-14(16)9-4-11-10(17-6-18-11)3-7(9)8-5-12-1-2-13-8/h3-4,8,12-13H,1-2,5-6H2/t8-/m1/s1. The van der Waals surface area contributed by atoms with Crippen LogP contribution in [0.2, 0.25) is 0 Å². The second-order valence-electron chi connectivity index (χ2n) is 4.23. The molecular weight excluding hydrogens is 238 g/mol. The minimum atomic E-state index is -0.381. The SMILES string of the molecule is O=[N+]([O-])c1cc2c(cc1[C@H]1CNCCN1)OCO2. The monoisotopic (exact) mass is 251 g/mol. The zero-order chi connectivity index (χ0) is 12.5. The first-order valence-corrected chi connectivity index (χ1v) is 5.78. The number of nitrogens with one attached hydrogen (secondary N) is 2. The van der Waals surface area contributed by atoms with E-state index in [9.17, 15) is 10.1 Å². The molecule has 1 saturated heterocycles. The highest BCUT2D eigenvalue weighted by molar-refractivity contribution is 5.56. The summed E-state index contributed by atoms with van der Waals surface area (Å²) >= 11 is 0. The lowest BCUT2D eigenvalue weighted by atomic mass is 10.0. The van der Waals surface area contributed by atoms with E-state index in [1.807, 2.05) is 0 Å². The number of hydrogen-bond donors (Lipinski definition) is 2. The summed E-state index contributed by atoms with van der Waals surface area (Å²) in [5.74, 6) is 1.01. The maximum Gasteiger partial charge on any atom is 0.278 e. The van der Waals surface area contributed by atoms with Gasteiger partial charge < -0.3 is 20.1 Å². The fraction of sp³-hybridized carbons (Fsp3) is 0.455. The Kier molecular flexibility index (Phi) is 2.77. The Morgan fingerprint density at radius 3 is 2.72 bits per heavy atom. The smallest absolute Gasteiger partial charge is 0.278 e. The molecule has 1 fully saturated rings. The van der Waals surface area contributed by atoms with E-state index >= 15 is 0 Å². The van der Waals surface area contributed by atoms with Gasteiger partial charge in [0.05, 0.1) is 22.6 Å². The van der Waals surface area contributed by atoms with Gasteiger partial charge in [0.1, 0.15) is 0 Å². The lowest BCUT2D eigenvalue weighted by Gasteiger charge is -2.24. The summed E-state index contributed by atoms with van der Waals surface area (Å²) in [4.78, 5) is 10.7. The molecule has 7 heteroatoms. The number of hydrogen-bond acceptors (Lipinski definition) is 6. The predicted octanol–water partition coefficient (Wildman–Crippen LogP) is 0.557. The van der Waals surface area contributed by atoms with E-state index in [-0.39, 0.29) is 23.4 Å². The molecule has 1 aromatic rings. The average molecular weight is 251 g/mol. The summed E-state index contributed by atoms with van der Waals surface area (Å²) < 4.78 is 10.4. The Morgan fingerprint density at radius 2 is 2.06 bits per heavy atom. The molecule has 2 N–H and O–H groups in total. The second kappa shape index (κ2) is 4.43. The van der Waals surface area contributed by atoms with Gasteiger partial charge in [-0.2, -0.15) is 0 Å². The molecule has 3 rings (SSSR count). The van der Waals surface area contributed by atoms with Crippen LogP contribution in [0.4, 0.5) is 5.69 Å². The minimum Gasteiger partial charge on any atom is -0.454 e. The molecule has 0 aliphatic carbocycles. The van der Waals surface area contributed by atoms with Gasteiger partial charge in [-0.3, -0.25) is 10.1 Å². The molecule has 1 atom stereocenters. The molecule has 2 aliphatic rings. The van der Waals surface area contributed by atoms with Gasteiger partial charge in [0, 0.05) is 19.6 Å². The van der Waals surface area contributed by atoms with Crippen molar-refractivity contribution in [3.8, 4) is 11.5 Å². The number of rotatable bonds is 2. The molecule has 0 amide bonds. The molecule has 96 valence electrons. The van der Waals surface area contributed by atoms with Crippen molar-refractivity contribution in [3.63, 3.8) is 0 Å². The van der Waals surface area contributed by atoms with Crippen LogP contribution in [0.3, 0.4) is 0 Å². The maximum absolute atomic E-state index is 11.1.